The molecule has 0 spiro atoms. The second-order valence-electron chi connectivity index (χ2n) is 6.13. The van der Waals surface area contributed by atoms with Crippen molar-refractivity contribution in [1.29, 1.82) is 0 Å². The summed E-state index contributed by atoms with van der Waals surface area (Å²) in [5, 5.41) is 8.63. The highest BCUT2D eigenvalue weighted by Gasteiger charge is 2.43. The van der Waals surface area contributed by atoms with Crippen molar-refractivity contribution in [2.75, 3.05) is 13.6 Å². The maximum absolute atomic E-state index is 12.5. The Morgan fingerprint density at radius 2 is 1.92 bits per heavy atom. The summed E-state index contributed by atoms with van der Waals surface area (Å²) in [4.78, 5) is 36.4. The number of aliphatic carboxylic acids is 1. The molecule has 0 radical (unpaired) electrons. The van der Waals surface area contributed by atoms with E-state index in [1.165, 1.54) is 30.1 Å². The van der Waals surface area contributed by atoms with Gasteiger partial charge >= 0.3 is 5.97 Å². The molecular formula is C16H20N2O6S. The number of nitrogens with zero attached hydrogens (tertiary/aromatic N) is 2. The average Bonchev–Trinajstić information content (AvgIpc) is 2.72. The number of carbonyl (C=O) groups excluding carboxylic acids is 2. The zero-order valence-corrected chi connectivity index (χ0v) is 15.0. The minimum absolute atomic E-state index is 0.0544. The molecule has 9 heteroatoms. The Balaban J connectivity index is 2.28. The van der Waals surface area contributed by atoms with E-state index in [0.29, 0.717) is 6.42 Å². The van der Waals surface area contributed by atoms with Crippen LogP contribution < -0.4 is 0 Å². The number of benzene rings is 1. The van der Waals surface area contributed by atoms with Gasteiger partial charge in [-0.25, -0.2) is 12.7 Å². The number of carboxylic acid groups (broad SMARTS) is 1. The van der Waals surface area contributed by atoms with Gasteiger partial charge in [-0.15, -0.1) is 0 Å². The van der Waals surface area contributed by atoms with Crippen LogP contribution >= 0.6 is 0 Å². The quantitative estimate of drug-likeness (QED) is 0.807. The Morgan fingerprint density at radius 3 is 2.48 bits per heavy atom. The van der Waals surface area contributed by atoms with Gasteiger partial charge in [-0.2, -0.15) is 0 Å². The highest BCUT2D eigenvalue weighted by atomic mass is 32.2. The molecule has 1 aliphatic heterocycles. The predicted octanol–water partition coefficient (Wildman–Crippen LogP) is 1.18. The molecule has 0 saturated heterocycles. The second kappa shape index (κ2) is 6.83. The Hall–Kier alpha value is -2.42. The van der Waals surface area contributed by atoms with Gasteiger partial charge < -0.3 is 10.0 Å². The minimum Gasteiger partial charge on any atom is -0.481 e. The molecule has 0 fully saturated rings. The fourth-order valence-electron chi connectivity index (χ4n) is 2.68. The van der Waals surface area contributed by atoms with Crippen molar-refractivity contribution in [3.05, 3.63) is 29.3 Å². The lowest BCUT2D eigenvalue weighted by atomic mass is 10.1. The number of rotatable bonds is 6. The molecule has 1 N–H and O–H groups in total. The molecule has 0 unspecified atom stereocenters. The zero-order chi connectivity index (χ0) is 18.9. The van der Waals surface area contributed by atoms with Gasteiger partial charge in [0.05, 0.1) is 5.56 Å². The van der Waals surface area contributed by atoms with Gasteiger partial charge in [0, 0.05) is 31.6 Å². The number of hydrogen-bond donors (Lipinski definition) is 1. The maximum atomic E-state index is 12.5. The maximum Gasteiger partial charge on any atom is 0.303 e. The van der Waals surface area contributed by atoms with Crippen molar-refractivity contribution < 1.29 is 27.9 Å². The van der Waals surface area contributed by atoms with E-state index in [0.717, 1.165) is 4.31 Å². The molecule has 0 saturated carbocycles. The lowest BCUT2D eigenvalue weighted by molar-refractivity contribution is -0.137. The summed E-state index contributed by atoms with van der Waals surface area (Å²) >= 11 is 0. The van der Waals surface area contributed by atoms with Crippen LogP contribution in [0.3, 0.4) is 0 Å². The summed E-state index contributed by atoms with van der Waals surface area (Å²) in [6, 6.07) is 3.44. The average molecular weight is 368 g/mol. The fourth-order valence-corrected chi connectivity index (χ4v) is 4.47. The summed E-state index contributed by atoms with van der Waals surface area (Å²) < 4.78 is 25.9. The third-order valence-electron chi connectivity index (χ3n) is 3.90. The molecule has 136 valence electrons. The van der Waals surface area contributed by atoms with Crippen LogP contribution in [-0.4, -0.2) is 60.1 Å². The van der Waals surface area contributed by atoms with Crippen LogP contribution in [0.1, 0.15) is 47.4 Å². The van der Waals surface area contributed by atoms with E-state index in [9.17, 15) is 22.8 Å². The molecule has 1 heterocycles. The van der Waals surface area contributed by atoms with Crippen LogP contribution in [0.5, 0.6) is 0 Å². The summed E-state index contributed by atoms with van der Waals surface area (Å²) in [6.45, 7) is 3.43. The topological polar surface area (TPSA) is 112 Å². The number of carboxylic acids is 1. The van der Waals surface area contributed by atoms with E-state index in [1.54, 1.807) is 13.8 Å². The molecule has 25 heavy (non-hydrogen) atoms. The minimum atomic E-state index is -3.97. The summed E-state index contributed by atoms with van der Waals surface area (Å²) in [5.41, 5.74) is 0.192. The summed E-state index contributed by atoms with van der Waals surface area (Å²) in [7, 11) is -2.46. The van der Waals surface area contributed by atoms with Gasteiger partial charge in [-0.05, 0) is 38.5 Å². The van der Waals surface area contributed by atoms with Crippen molar-refractivity contribution in [1.82, 2.24) is 9.21 Å². The van der Waals surface area contributed by atoms with E-state index in [2.05, 4.69) is 0 Å². The molecular weight excluding hydrogens is 348 g/mol. The first kappa shape index (κ1) is 18.9. The number of carbonyl (C=O) groups is 3. The fraction of sp³-hybridized carbons (Fsp3) is 0.438. The molecule has 1 aliphatic rings. The highest BCUT2D eigenvalue weighted by molar-refractivity contribution is 7.90. The first-order valence-electron chi connectivity index (χ1n) is 7.77. The predicted molar refractivity (Wildman–Crippen MR) is 88.8 cm³/mol. The van der Waals surface area contributed by atoms with E-state index < -0.39 is 33.8 Å². The van der Waals surface area contributed by atoms with Crippen LogP contribution in [0, 0.1) is 0 Å². The van der Waals surface area contributed by atoms with E-state index in [1.807, 2.05) is 0 Å². The second-order valence-corrected chi connectivity index (χ2v) is 7.92. The van der Waals surface area contributed by atoms with Crippen LogP contribution in [0.25, 0.3) is 0 Å². The van der Waals surface area contributed by atoms with E-state index in [-0.39, 0.29) is 29.0 Å². The van der Waals surface area contributed by atoms with Crippen LogP contribution in [0.15, 0.2) is 23.1 Å². The SMILES string of the molecule is CC(C)N1C(=O)c2ccc(C(=O)N(C)CCCC(=O)O)cc2S1(=O)=O. The molecule has 0 bridgehead atoms. The monoisotopic (exact) mass is 368 g/mol. The third-order valence-corrected chi connectivity index (χ3v) is 5.89. The molecule has 2 rings (SSSR count). The van der Waals surface area contributed by atoms with Crippen LogP contribution in [-0.2, 0) is 14.8 Å². The number of sulfonamides is 1. The largest absolute Gasteiger partial charge is 0.481 e. The first-order chi connectivity index (χ1) is 11.6. The first-order valence-corrected chi connectivity index (χ1v) is 9.21. The molecule has 0 aliphatic carbocycles. The lowest BCUT2D eigenvalue weighted by Crippen LogP contribution is -2.36. The zero-order valence-electron chi connectivity index (χ0n) is 14.2. The standard InChI is InChI=1S/C16H20N2O6S/c1-10(2)18-16(22)12-7-6-11(9-13(12)25(18,23)24)15(21)17(3)8-4-5-14(19)20/h6-7,9-10H,4-5,8H2,1-3H3,(H,19,20). The number of amides is 2. The van der Waals surface area contributed by atoms with Gasteiger partial charge in [-0.1, -0.05) is 0 Å². The Bertz CT molecular complexity index is 831. The lowest BCUT2D eigenvalue weighted by Gasteiger charge is -2.19. The smallest absolute Gasteiger partial charge is 0.303 e. The van der Waals surface area contributed by atoms with Crippen LogP contribution in [0.4, 0.5) is 0 Å². The van der Waals surface area contributed by atoms with E-state index >= 15 is 0 Å². The normalized spacial score (nSPS) is 15.4. The Labute approximate surface area is 146 Å². The van der Waals surface area contributed by atoms with Gasteiger partial charge in [0.15, 0.2) is 0 Å². The Morgan fingerprint density at radius 1 is 1.28 bits per heavy atom. The van der Waals surface area contributed by atoms with Crippen molar-refractivity contribution in [2.45, 2.75) is 37.6 Å². The highest BCUT2D eigenvalue weighted by Crippen LogP contribution is 2.32. The van der Waals surface area contributed by atoms with Gasteiger partial charge in [-0.3, -0.25) is 14.4 Å². The van der Waals surface area contributed by atoms with Gasteiger partial charge in [0.2, 0.25) is 0 Å². The number of hydrogen-bond acceptors (Lipinski definition) is 5. The Kier molecular flexibility index (Phi) is 5.17. The van der Waals surface area contributed by atoms with Gasteiger partial charge in [0.25, 0.3) is 21.8 Å². The molecule has 0 aromatic heterocycles. The molecule has 1 aromatic rings. The van der Waals surface area contributed by atoms with Crippen molar-refractivity contribution in [3.63, 3.8) is 0 Å². The summed E-state index contributed by atoms with van der Waals surface area (Å²) in [6.07, 6.45) is 0.231. The molecule has 2 amide bonds. The summed E-state index contributed by atoms with van der Waals surface area (Å²) in [5.74, 6) is -1.98. The van der Waals surface area contributed by atoms with Gasteiger partial charge in [0.1, 0.15) is 4.90 Å². The van der Waals surface area contributed by atoms with Crippen molar-refractivity contribution >= 4 is 27.8 Å². The third kappa shape index (κ3) is 3.51. The van der Waals surface area contributed by atoms with Crippen molar-refractivity contribution in [2.24, 2.45) is 0 Å². The van der Waals surface area contributed by atoms with Crippen molar-refractivity contribution in [3.8, 4) is 0 Å². The van der Waals surface area contributed by atoms with E-state index in [4.69, 9.17) is 5.11 Å². The number of fused-ring (bicyclic) bond motifs is 1. The van der Waals surface area contributed by atoms with Crippen LogP contribution in [0.2, 0.25) is 0 Å². The molecule has 1 aromatic carbocycles. The molecule has 8 nitrogen and oxygen atoms in total. The molecule has 0 atom stereocenters.